The molecular formula is C10H11BrN2O5. The predicted octanol–water partition coefficient (Wildman–Crippen LogP) is 1.41. The number of non-ortho nitro benzene ring substituents is 1. The molecule has 0 saturated heterocycles. The third-order valence-corrected chi connectivity index (χ3v) is 2.59. The van der Waals surface area contributed by atoms with Crippen LogP contribution < -0.4 is 10.1 Å². The van der Waals surface area contributed by atoms with Gasteiger partial charge in [0.15, 0.2) is 0 Å². The maximum absolute atomic E-state index is 10.7. The molecule has 7 nitrogen and oxygen atoms in total. The van der Waals surface area contributed by atoms with Gasteiger partial charge in [0.1, 0.15) is 18.4 Å². The normalized spacial score (nSPS) is 11.9. The van der Waals surface area contributed by atoms with Crippen molar-refractivity contribution < 1.29 is 19.6 Å². The van der Waals surface area contributed by atoms with Gasteiger partial charge in [-0.1, -0.05) is 15.9 Å². The summed E-state index contributed by atoms with van der Waals surface area (Å²) < 4.78 is 5.70. The Bertz CT molecular complexity index is 466. The van der Waals surface area contributed by atoms with E-state index in [1.807, 2.05) is 0 Å². The van der Waals surface area contributed by atoms with Gasteiger partial charge in [-0.3, -0.25) is 14.9 Å². The number of hydrogen-bond donors (Lipinski definition) is 2. The summed E-state index contributed by atoms with van der Waals surface area (Å²) in [5.74, 6) is -0.820. The molecule has 1 aromatic carbocycles. The van der Waals surface area contributed by atoms with Crippen molar-refractivity contribution >= 4 is 27.6 Å². The minimum atomic E-state index is -1.05. The van der Waals surface area contributed by atoms with Crippen LogP contribution in [0.3, 0.4) is 0 Å². The first-order chi connectivity index (χ1) is 8.43. The maximum Gasteiger partial charge on any atom is 0.324 e. The van der Waals surface area contributed by atoms with Gasteiger partial charge in [0.05, 0.1) is 11.0 Å². The summed E-state index contributed by atoms with van der Waals surface area (Å²) in [5, 5.41) is 22.0. The zero-order chi connectivity index (χ0) is 13.7. The van der Waals surface area contributed by atoms with Gasteiger partial charge in [0.2, 0.25) is 0 Å². The van der Waals surface area contributed by atoms with E-state index in [0.29, 0.717) is 4.47 Å². The van der Waals surface area contributed by atoms with Crippen molar-refractivity contribution in [3.63, 3.8) is 0 Å². The van der Waals surface area contributed by atoms with E-state index in [-0.39, 0.29) is 18.0 Å². The summed E-state index contributed by atoms with van der Waals surface area (Å²) in [5.41, 5.74) is -0.129. The number of carboxylic acids is 1. The number of aliphatic carboxylic acids is 1. The average molecular weight is 319 g/mol. The Kier molecular flexibility index (Phi) is 5.05. The number of carboxylic acid groups (broad SMARTS) is 1. The standard InChI is InChI=1S/C10H11BrN2O5/c1-12-9(10(14)15)5-18-8-3-6(11)2-7(4-8)13(16)17/h2-4,9,12H,5H2,1H3,(H,14,15). The number of halogens is 1. The van der Waals surface area contributed by atoms with Crippen LogP contribution in [0.5, 0.6) is 5.75 Å². The second-order valence-corrected chi connectivity index (χ2v) is 4.31. The quantitative estimate of drug-likeness (QED) is 0.607. The molecule has 8 heteroatoms. The zero-order valence-electron chi connectivity index (χ0n) is 9.42. The number of nitro benzene ring substituents is 1. The van der Waals surface area contributed by atoms with Crippen molar-refractivity contribution in [2.75, 3.05) is 13.7 Å². The highest BCUT2D eigenvalue weighted by Crippen LogP contribution is 2.26. The number of nitrogens with one attached hydrogen (secondary N) is 1. The second-order valence-electron chi connectivity index (χ2n) is 3.39. The van der Waals surface area contributed by atoms with Gasteiger partial charge in [-0.15, -0.1) is 0 Å². The molecule has 1 unspecified atom stereocenters. The van der Waals surface area contributed by atoms with Crippen molar-refractivity contribution in [3.8, 4) is 5.75 Å². The van der Waals surface area contributed by atoms with Crippen molar-refractivity contribution in [1.82, 2.24) is 5.32 Å². The molecule has 0 bridgehead atoms. The van der Waals surface area contributed by atoms with E-state index >= 15 is 0 Å². The molecule has 0 saturated carbocycles. The highest BCUT2D eigenvalue weighted by atomic mass is 79.9. The molecule has 0 heterocycles. The molecule has 0 spiro atoms. The molecule has 98 valence electrons. The lowest BCUT2D eigenvalue weighted by Gasteiger charge is -2.12. The fourth-order valence-corrected chi connectivity index (χ4v) is 1.65. The molecule has 2 N–H and O–H groups in total. The number of ether oxygens (including phenoxy) is 1. The van der Waals surface area contributed by atoms with Crippen LogP contribution in [0.1, 0.15) is 0 Å². The summed E-state index contributed by atoms with van der Waals surface area (Å²) >= 11 is 3.12. The summed E-state index contributed by atoms with van der Waals surface area (Å²) in [4.78, 5) is 20.8. The monoisotopic (exact) mass is 318 g/mol. The third kappa shape index (κ3) is 3.97. The van der Waals surface area contributed by atoms with E-state index in [0.717, 1.165) is 0 Å². The maximum atomic E-state index is 10.7. The first-order valence-corrected chi connectivity index (χ1v) is 5.71. The van der Waals surface area contributed by atoms with E-state index < -0.39 is 16.9 Å². The fraction of sp³-hybridized carbons (Fsp3) is 0.300. The van der Waals surface area contributed by atoms with Gasteiger partial charge in [0.25, 0.3) is 5.69 Å². The first kappa shape index (κ1) is 14.4. The van der Waals surface area contributed by atoms with Gasteiger partial charge in [-0.25, -0.2) is 0 Å². The molecular weight excluding hydrogens is 308 g/mol. The number of hydrogen-bond acceptors (Lipinski definition) is 5. The van der Waals surface area contributed by atoms with Crippen LogP contribution in [0.15, 0.2) is 22.7 Å². The first-order valence-electron chi connectivity index (χ1n) is 4.92. The Labute approximate surface area is 111 Å². The van der Waals surface area contributed by atoms with Crippen molar-refractivity contribution in [2.45, 2.75) is 6.04 Å². The van der Waals surface area contributed by atoms with E-state index in [1.165, 1.54) is 25.2 Å². The molecule has 18 heavy (non-hydrogen) atoms. The van der Waals surface area contributed by atoms with Crippen LogP contribution in [-0.4, -0.2) is 35.7 Å². The number of nitro groups is 1. The third-order valence-electron chi connectivity index (χ3n) is 2.13. The zero-order valence-corrected chi connectivity index (χ0v) is 11.0. The van der Waals surface area contributed by atoms with Crippen molar-refractivity contribution in [2.24, 2.45) is 0 Å². The summed E-state index contributed by atoms with van der Waals surface area (Å²) in [6.07, 6.45) is 0. The van der Waals surface area contributed by atoms with Crippen LogP contribution in [0.2, 0.25) is 0 Å². The molecule has 0 aliphatic heterocycles. The smallest absolute Gasteiger partial charge is 0.324 e. The number of carbonyl (C=O) groups is 1. The van der Waals surface area contributed by atoms with Gasteiger partial charge >= 0.3 is 5.97 Å². The van der Waals surface area contributed by atoms with Gasteiger partial charge in [0, 0.05) is 10.5 Å². The SMILES string of the molecule is CNC(COc1cc(Br)cc([N+](=O)[O-])c1)C(=O)O. The van der Waals surface area contributed by atoms with E-state index in [9.17, 15) is 14.9 Å². The van der Waals surface area contributed by atoms with E-state index in [4.69, 9.17) is 9.84 Å². The van der Waals surface area contributed by atoms with Crippen LogP contribution in [0, 0.1) is 10.1 Å². The number of likely N-dealkylation sites (N-methyl/N-ethyl adjacent to an activating group) is 1. The lowest BCUT2D eigenvalue weighted by molar-refractivity contribution is -0.385. The lowest BCUT2D eigenvalue weighted by Crippen LogP contribution is -2.39. The summed E-state index contributed by atoms with van der Waals surface area (Å²) in [6.45, 7) is -0.126. The number of benzene rings is 1. The minimum absolute atomic E-state index is 0.126. The largest absolute Gasteiger partial charge is 0.491 e. The summed E-state index contributed by atoms with van der Waals surface area (Å²) in [7, 11) is 1.49. The van der Waals surface area contributed by atoms with Crippen molar-refractivity contribution in [1.29, 1.82) is 0 Å². The molecule has 1 rings (SSSR count). The van der Waals surface area contributed by atoms with Crippen LogP contribution in [-0.2, 0) is 4.79 Å². The Hall–Kier alpha value is -1.67. The molecule has 0 amide bonds. The molecule has 1 aromatic rings. The predicted molar refractivity (Wildman–Crippen MR) is 66.8 cm³/mol. The Morgan fingerprint density at radius 1 is 1.61 bits per heavy atom. The topological polar surface area (TPSA) is 102 Å². The van der Waals surface area contributed by atoms with Crippen molar-refractivity contribution in [3.05, 3.63) is 32.8 Å². The molecule has 1 atom stereocenters. The van der Waals surface area contributed by atoms with Gasteiger partial charge in [-0.2, -0.15) is 0 Å². The Morgan fingerprint density at radius 2 is 2.28 bits per heavy atom. The second kappa shape index (κ2) is 6.31. The number of nitrogens with zero attached hydrogens (tertiary/aromatic N) is 1. The molecule has 0 radical (unpaired) electrons. The van der Waals surface area contributed by atoms with Gasteiger partial charge in [-0.05, 0) is 13.1 Å². The highest BCUT2D eigenvalue weighted by Gasteiger charge is 2.16. The molecule has 0 fully saturated rings. The van der Waals surface area contributed by atoms with Crippen LogP contribution in [0.25, 0.3) is 0 Å². The average Bonchev–Trinajstić information content (AvgIpc) is 2.28. The van der Waals surface area contributed by atoms with Crippen LogP contribution in [0.4, 0.5) is 5.69 Å². The van der Waals surface area contributed by atoms with Gasteiger partial charge < -0.3 is 15.2 Å². The lowest BCUT2D eigenvalue weighted by atomic mass is 10.3. The molecule has 0 aromatic heterocycles. The Balaban J connectivity index is 2.78. The summed E-state index contributed by atoms with van der Waals surface area (Å²) in [6, 6.07) is 3.23. The molecule has 0 aliphatic carbocycles. The van der Waals surface area contributed by atoms with E-state index in [1.54, 1.807) is 0 Å². The molecule has 0 aliphatic rings. The minimum Gasteiger partial charge on any atom is -0.491 e. The Morgan fingerprint density at radius 3 is 2.78 bits per heavy atom. The highest BCUT2D eigenvalue weighted by molar-refractivity contribution is 9.10. The number of rotatable bonds is 6. The van der Waals surface area contributed by atoms with E-state index in [2.05, 4.69) is 21.2 Å². The van der Waals surface area contributed by atoms with Crippen LogP contribution >= 0.6 is 15.9 Å². The fourth-order valence-electron chi connectivity index (χ4n) is 1.19.